The zero-order valence-corrected chi connectivity index (χ0v) is 14.1. The van der Waals surface area contributed by atoms with Gasteiger partial charge in [0.2, 0.25) is 5.88 Å². The number of aryl methyl sites for hydroxylation is 1. The number of hydrogen-bond donors (Lipinski definition) is 1. The lowest BCUT2D eigenvalue weighted by atomic mass is 10.1. The van der Waals surface area contributed by atoms with E-state index in [0.29, 0.717) is 24.5 Å². The Kier molecular flexibility index (Phi) is 4.09. The summed E-state index contributed by atoms with van der Waals surface area (Å²) in [4.78, 5) is 26.1. The van der Waals surface area contributed by atoms with Crippen molar-refractivity contribution in [3.05, 3.63) is 54.0 Å². The Bertz CT molecular complexity index is 880. The molecule has 6 nitrogen and oxygen atoms in total. The Balaban J connectivity index is 1.37. The molecule has 1 aliphatic rings. The number of nitrogens with one attached hydrogen (secondary N) is 1. The molecule has 0 bridgehead atoms. The highest BCUT2D eigenvalue weighted by molar-refractivity contribution is 5.97. The molecule has 1 aliphatic heterocycles. The third kappa shape index (κ3) is 3.33. The van der Waals surface area contributed by atoms with Crippen LogP contribution in [0.1, 0.15) is 28.8 Å². The Labute approximate surface area is 145 Å². The summed E-state index contributed by atoms with van der Waals surface area (Å²) in [5.74, 6) is 0.712. The predicted molar refractivity (Wildman–Crippen MR) is 94.6 cm³/mol. The number of nitrogens with zero attached hydrogens (tertiary/aromatic N) is 3. The van der Waals surface area contributed by atoms with Crippen LogP contribution in [-0.4, -0.2) is 45.0 Å². The highest BCUT2D eigenvalue weighted by Gasteiger charge is 2.25. The minimum atomic E-state index is 0.0587. The Morgan fingerprint density at radius 1 is 1.20 bits per heavy atom. The van der Waals surface area contributed by atoms with Gasteiger partial charge in [-0.25, -0.2) is 9.97 Å². The fourth-order valence-corrected chi connectivity index (χ4v) is 3.12. The number of benzene rings is 1. The number of hydrogen-bond acceptors (Lipinski definition) is 4. The topological polar surface area (TPSA) is 71.1 Å². The van der Waals surface area contributed by atoms with Gasteiger partial charge in [0.1, 0.15) is 6.10 Å². The monoisotopic (exact) mass is 336 g/mol. The molecule has 6 heteroatoms. The van der Waals surface area contributed by atoms with E-state index in [9.17, 15) is 4.79 Å². The highest BCUT2D eigenvalue weighted by Crippen LogP contribution is 2.20. The molecule has 1 fully saturated rings. The standard InChI is InChI=1S/C19H20N4O2/c1-13-2-5-18(20-11-13)25-15-6-8-23(9-7-15)19(24)14-3-4-16-17(10-14)22-12-21-16/h2-5,10-12,15H,6-9H2,1H3,(H,21,22). The number of aromatic nitrogens is 3. The number of imidazole rings is 1. The number of pyridine rings is 1. The molecule has 0 saturated carbocycles. The number of fused-ring (bicyclic) bond motifs is 1. The number of carbonyl (C=O) groups excluding carboxylic acids is 1. The number of H-pyrrole nitrogens is 1. The zero-order valence-electron chi connectivity index (χ0n) is 14.1. The number of ether oxygens (including phenoxy) is 1. The minimum absolute atomic E-state index is 0.0587. The van der Waals surface area contributed by atoms with Crippen LogP contribution in [0, 0.1) is 6.92 Å². The summed E-state index contributed by atoms with van der Waals surface area (Å²) >= 11 is 0. The van der Waals surface area contributed by atoms with Crippen LogP contribution in [0.15, 0.2) is 42.9 Å². The molecule has 3 heterocycles. The number of amides is 1. The number of likely N-dealkylation sites (tertiary alicyclic amines) is 1. The maximum absolute atomic E-state index is 12.7. The minimum Gasteiger partial charge on any atom is -0.474 e. The van der Waals surface area contributed by atoms with E-state index in [4.69, 9.17) is 4.74 Å². The fraction of sp³-hybridized carbons (Fsp3) is 0.316. The largest absolute Gasteiger partial charge is 0.474 e. The van der Waals surface area contributed by atoms with Crippen LogP contribution in [0.2, 0.25) is 0 Å². The summed E-state index contributed by atoms with van der Waals surface area (Å²) in [6.45, 7) is 3.38. The lowest BCUT2D eigenvalue weighted by Crippen LogP contribution is -2.41. The van der Waals surface area contributed by atoms with Crippen molar-refractivity contribution < 1.29 is 9.53 Å². The second kappa shape index (κ2) is 6.55. The summed E-state index contributed by atoms with van der Waals surface area (Å²) < 4.78 is 5.93. The number of rotatable bonds is 3. The smallest absolute Gasteiger partial charge is 0.253 e. The number of aromatic amines is 1. The molecule has 25 heavy (non-hydrogen) atoms. The van der Waals surface area contributed by atoms with Crippen molar-refractivity contribution in [1.82, 2.24) is 19.9 Å². The molecule has 128 valence electrons. The van der Waals surface area contributed by atoms with E-state index in [0.717, 1.165) is 29.4 Å². The van der Waals surface area contributed by atoms with Crippen molar-refractivity contribution in [2.45, 2.75) is 25.9 Å². The molecule has 1 saturated heterocycles. The van der Waals surface area contributed by atoms with Crippen molar-refractivity contribution >= 4 is 16.9 Å². The summed E-state index contributed by atoms with van der Waals surface area (Å²) in [7, 11) is 0. The third-order valence-electron chi connectivity index (χ3n) is 4.57. The van der Waals surface area contributed by atoms with Gasteiger partial charge in [-0.05, 0) is 30.7 Å². The van der Waals surface area contributed by atoms with Gasteiger partial charge in [0.25, 0.3) is 5.91 Å². The molecular formula is C19H20N4O2. The first-order chi connectivity index (χ1) is 12.2. The second-order valence-electron chi connectivity index (χ2n) is 6.42. The van der Waals surface area contributed by atoms with Gasteiger partial charge in [-0.2, -0.15) is 0 Å². The van der Waals surface area contributed by atoms with Crippen molar-refractivity contribution in [1.29, 1.82) is 0 Å². The molecule has 0 aliphatic carbocycles. The first-order valence-corrected chi connectivity index (χ1v) is 8.51. The molecule has 2 aromatic heterocycles. The average molecular weight is 336 g/mol. The molecule has 0 unspecified atom stereocenters. The molecule has 0 radical (unpaired) electrons. The van der Waals surface area contributed by atoms with Crippen LogP contribution in [0.4, 0.5) is 0 Å². The van der Waals surface area contributed by atoms with Crippen molar-refractivity contribution in [2.24, 2.45) is 0 Å². The van der Waals surface area contributed by atoms with Crippen molar-refractivity contribution in [3.63, 3.8) is 0 Å². The number of carbonyl (C=O) groups is 1. The SMILES string of the molecule is Cc1ccc(OC2CCN(C(=O)c3ccc4nc[nH]c4c3)CC2)nc1. The number of piperidine rings is 1. The Hall–Kier alpha value is -2.89. The van der Waals surface area contributed by atoms with E-state index in [1.165, 1.54) is 0 Å². The van der Waals surface area contributed by atoms with Crippen LogP contribution in [0.25, 0.3) is 11.0 Å². The van der Waals surface area contributed by atoms with Gasteiger partial charge in [0.05, 0.1) is 17.4 Å². The Morgan fingerprint density at radius 3 is 2.80 bits per heavy atom. The van der Waals surface area contributed by atoms with Crippen LogP contribution < -0.4 is 4.74 Å². The molecular weight excluding hydrogens is 316 g/mol. The molecule has 3 aromatic rings. The summed E-state index contributed by atoms with van der Waals surface area (Å²) in [5.41, 5.74) is 3.56. The maximum Gasteiger partial charge on any atom is 0.253 e. The highest BCUT2D eigenvalue weighted by atomic mass is 16.5. The third-order valence-corrected chi connectivity index (χ3v) is 4.57. The molecule has 1 aromatic carbocycles. The molecule has 0 atom stereocenters. The van der Waals surface area contributed by atoms with E-state index in [2.05, 4.69) is 15.0 Å². The van der Waals surface area contributed by atoms with E-state index in [1.807, 2.05) is 42.2 Å². The first kappa shape index (κ1) is 15.6. The second-order valence-corrected chi connectivity index (χ2v) is 6.42. The first-order valence-electron chi connectivity index (χ1n) is 8.51. The van der Waals surface area contributed by atoms with E-state index < -0.39 is 0 Å². The normalized spacial score (nSPS) is 15.5. The fourth-order valence-electron chi connectivity index (χ4n) is 3.12. The summed E-state index contributed by atoms with van der Waals surface area (Å²) in [6.07, 6.45) is 5.18. The lowest BCUT2D eigenvalue weighted by molar-refractivity contribution is 0.0588. The van der Waals surface area contributed by atoms with Crippen molar-refractivity contribution in [2.75, 3.05) is 13.1 Å². The van der Waals surface area contributed by atoms with Crippen molar-refractivity contribution in [3.8, 4) is 5.88 Å². The van der Waals surface area contributed by atoms with Gasteiger partial charge in [-0.3, -0.25) is 4.79 Å². The molecule has 1 amide bonds. The van der Waals surface area contributed by atoms with E-state index in [1.54, 1.807) is 12.5 Å². The summed E-state index contributed by atoms with van der Waals surface area (Å²) in [6, 6.07) is 9.46. The van der Waals surface area contributed by atoms with Crippen LogP contribution >= 0.6 is 0 Å². The van der Waals surface area contributed by atoms with Crippen LogP contribution in [0.3, 0.4) is 0 Å². The predicted octanol–water partition coefficient (Wildman–Crippen LogP) is 2.95. The summed E-state index contributed by atoms with van der Waals surface area (Å²) in [5, 5.41) is 0. The molecule has 1 N–H and O–H groups in total. The van der Waals surface area contributed by atoms with Crippen LogP contribution in [0.5, 0.6) is 5.88 Å². The maximum atomic E-state index is 12.7. The van der Waals surface area contributed by atoms with Gasteiger partial charge < -0.3 is 14.6 Å². The van der Waals surface area contributed by atoms with Gasteiger partial charge in [-0.1, -0.05) is 6.07 Å². The van der Waals surface area contributed by atoms with E-state index in [-0.39, 0.29) is 12.0 Å². The lowest BCUT2D eigenvalue weighted by Gasteiger charge is -2.32. The Morgan fingerprint density at radius 2 is 2.04 bits per heavy atom. The van der Waals surface area contributed by atoms with Gasteiger partial charge in [0.15, 0.2) is 0 Å². The van der Waals surface area contributed by atoms with Gasteiger partial charge >= 0.3 is 0 Å². The van der Waals surface area contributed by atoms with Gasteiger partial charge in [-0.15, -0.1) is 0 Å². The van der Waals surface area contributed by atoms with E-state index >= 15 is 0 Å². The molecule has 0 spiro atoms. The zero-order chi connectivity index (χ0) is 17.2. The van der Waals surface area contributed by atoms with Crippen LogP contribution in [-0.2, 0) is 0 Å². The quantitative estimate of drug-likeness (QED) is 0.798. The average Bonchev–Trinajstić information content (AvgIpc) is 3.11. The molecule has 4 rings (SSSR count). The van der Waals surface area contributed by atoms with Gasteiger partial charge in [0, 0.05) is 43.8 Å².